The SMILES string of the molecule is CCCCCCCC1CCC(S(=O)(=O)C(=[N+]=[N-])S(=O)(=O)C2CCC(CCCCCCC)CC2)CC1. The van der Waals surface area contributed by atoms with Crippen LogP contribution in [0.15, 0.2) is 0 Å². The number of unbranched alkanes of at least 4 members (excludes halogenated alkanes) is 8. The van der Waals surface area contributed by atoms with Crippen molar-refractivity contribution < 1.29 is 21.6 Å². The molecular weight excluding hydrogens is 480 g/mol. The second-order valence-corrected chi connectivity index (χ2v) is 15.7. The molecular formula is C27H50N2O4S2. The van der Waals surface area contributed by atoms with Crippen LogP contribution in [0.3, 0.4) is 0 Å². The molecule has 0 aromatic carbocycles. The molecule has 0 heterocycles. The Balaban J connectivity index is 1.86. The summed E-state index contributed by atoms with van der Waals surface area (Å²) >= 11 is 0. The summed E-state index contributed by atoms with van der Waals surface area (Å²) < 4.78 is 52.1. The second kappa shape index (κ2) is 15.5. The summed E-state index contributed by atoms with van der Waals surface area (Å²) in [6.07, 6.45) is 19.6. The average molecular weight is 531 g/mol. The smallest absolute Gasteiger partial charge is 0.359 e. The highest BCUT2D eigenvalue weighted by atomic mass is 32.3. The minimum atomic E-state index is -4.16. The zero-order valence-corrected chi connectivity index (χ0v) is 23.9. The van der Waals surface area contributed by atoms with Crippen LogP contribution >= 0.6 is 0 Å². The maximum Gasteiger partial charge on any atom is 0.495 e. The van der Waals surface area contributed by atoms with Gasteiger partial charge in [-0.1, -0.05) is 90.9 Å². The lowest BCUT2D eigenvalue weighted by molar-refractivity contribution is 0.00356. The third kappa shape index (κ3) is 9.27. The molecule has 0 aromatic heterocycles. The summed E-state index contributed by atoms with van der Waals surface area (Å²) in [7, 11) is -8.32. The highest BCUT2D eigenvalue weighted by molar-refractivity contribution is 8.31. The van der Waals surface area contributed by atoms with E-state index < -0.39 is 34.6 Å². The van der Waals surface area contributed by atoms with Crippen molar-refractivity contribution in [2.45, 2.75) is 153 Å². The largest absolute Gasteiger partial charge is 0.495 e. The van der Waals surface area contributed by atoms with Gasteiger partial charge in [0.15, 0.2) is 0 Å². The summed E-state index contributed by atoms with van der Waals surface area (Å²) in [5.41, 5.74) is 9.57. The summed E-state index contributed by atoms with van der Waals surface area (Å²) in [4.78, 5) is 2.92. The molecule has 0 saturated heterocycles. The molecule has 0 spiro atoms. The minimum Gasteiger partial charge on any atom is -0.359 e. The van der Waals surface area contributed by atoms with E-state index in [1.54, 1.807) is 0 Å². The van der Waals surface area contributed by atoms with Gasteiger partial charge in [0.05, 0.1) is 10.5 Å². The molecule has 2 saturated carbocycles. The summed E-state index contributed by atoms with van der Waals surface area (Å²) in [6, 6.07) is 0. The van der Waals surface area contributed by atoms with E-state index in [4.69, 9.17) is 0 Å². The lowest BCUT2D eigenvalue weighted by atomic mass is 9.85. The third-order valence-electron chi connectivity index (χ3n) is 8.47. The van der Waals surface area contributed by atoms with E-state index in [0.717, 1.165) is 38.5 Å². The van der Waals surface area contributed by atoms with Gasteiger partial charge in [-0.05, 0) is 63.2 Å². The van der Waals surface area contributed by atoms with Crippen LogP contribution in [0, 0.1) is 11.8 Å². The molecule has 0 atom stereocenters. The van der Waals surface area contributed by atoms with Crippen LogP contribution in [0.2, 0.25) is 0 Å². The summed E-state index contributed by atoms with van der Waals surface area (Å²) in [5, 5.41) is -1.50. The van der Waals surface area contributed by atoms with Crippen LogP contribution in [0.4, 0.5) is 0 Å². The Bertz CT molecular complexity index is 797. The van der Waals surface area contributed by atoms with Gasteiger partial charge in [-0.25, -0.2) is 16.8 Å². The normalized spacial score (nSPS) is 25.8. The van der Waals surface area contributed by atoms with Gasteiger partial charge >= 0.3 is 4.38 Å². The van der Waals surface area contributed by atoms with E-state index in [0.29, 0.717) is 37.5 Å². The van der Waals surface area contributed by atoms with Crippen LogP contribution in [0.5, 0.6) is 0 Å². The number of sulfone groups is 2. The van der Waals surface area contributed by atoms with E-state index in [9.17, 15) is 22.4 Å². The van der Waals surface area contributed by atoms with Crippen molar-refractivity contribution >= 4 is 24.1 Å². The highest BCUT2D eigenvalue weighted by Crippen LogP contribution is 2.36. The first-order valence-electron chi connectivity index (χ1n) is 14.5. The molecule has 0 amide bonds. The molecule has 0 radical (unpaired) electrons. The lowest BCUT2D eigenvalue weighted by Gasteiger charge is -2.29. The van der Waals surface area contributed by atoms with Gasteiger partial charge in [-0.2, -0.15) is 0 Å². The predicted octanol–water partition coefficient (Wildman–Crippen LogP) is 7.24. The monoisotopic (exact) mass is 530 g/mol. The van der Waals surface area contributed by atoms with Crippen molar-refractivity contribution in [3.8, 4) is 0 Å². The first kappa shape index (κ1) is 30.5. The van der Waals surface area contributed by atoms with Crippen molar-refractivity contribution in [2.75, 3.05) is 0 Å². The molecule has 0 unspecified atom stereocenters. The van der Waals surface area contributed by atoms with Crippen LogP contribution in [-0.2, 0) is 19.7 Å². The van der Waals surface area contributed by atoms with E-state index >= 15 is 0 Å². The molecule has 0 N–H and O–H groups in total. The first-order chi connectivity index (χ1) is 16.8. The first-order valence-corrected chi connectivity index (χ1v) is 17.6. The highest BCUT2D eigenvalue weighted by Gasteiger charge is 2.50. The third-order valence-corrected chi connectivity index (χ3v) is 13.7. The van der Waals surface area contributed by atoms with E-state index in [-0.39, 0.29) is 0 Å². The zero-order valence-electron chi connectivity index (χ0n) is 22.3. The maximum absolute atomic E-state index is 13.3. The van der Waals surface area contributed by atoms with Gasteiger partial charge in [0.2, 0.25) is 0 Å². The van der Waals surface area contributed by atoms with Crippen molar-refractivity contribution in [3.63, 3.8) is 0 Å². The molecule has 35 heavy (non-hydrogen) atoms. The van der Waals surface area contributed by atoms with E-state index in [1.807, 2.05) is 0 Å². The molecule has 2 rings (SSSR count). The molecule has 0 aliphatic heterocycles. The number of nitrogens with zero attached hydrogens (tertiary/aromatic N) is 2. The summed E-state index contributed by atoms with van der Waals surface area (Å²) in [5.74, 6) is 1.04. The van der Waals surface area contributed by atoms with Crippen LogP contribution in [0.25, 0.3) is 5.53 Å². The van der Waals surface area contributed by atoms with E-state index in [1.165, 1.54) is 64.2 Å². The fourth-order valence-corrected chi connectivity index (χ4v) is 10.8. The van der Waals surface area contributed by atoms with Gasteiger partial charge in [0.1, 0.15) is 0 Å². The molecule has 2 aliphatic carbocycles. The molecule has 204 valence electrons. The molecule has 0 bridgehead atoms. The summed E-state index contributed by atoms with van der Waals surface area (Å²) in [6.45, 7) is 4.40. The molecule has 2 fully saturated rings. The van der Waals surface area contributed by atoms with Gasteiger partial charge in [0, 0.05) is 0 Å². The van der Waals surface area contributed by atoms with Crippen molar-refractivity contribution in [3.05, 3.63) is 5.53 Å². The van der Waals surface area contributed by atoms with Gasteiger partial charge in [-0.3, -0.25) is 0 Å². The number of rotatable bonds is 14. The zero-order chi connectivity index (χ0) is 25.7. The van der Waals surface area contributed by atoms with Gasteiger partial charge < -0.3 is 5.53 Å². The van der Waals surface area contributed by atoms with Crippen LogP contribution in [0.1, 0.15) is 142 Å². The Morgan fingerprint density at radius 3 is 1.26 bits per heavy atom. The fraction of sp³-hybridized carbons (Fsp3) is 0.963. The van der Waals surface area contributed by atoms with Crippen LogP contribution in [-0.4, -0.2) is 36.5 Å². The second-order valence-electron chi connectivity index (χ2n) is 11.1. The maximum atomic E-state index is 13.3. The Kier molecular flexibility index (Phi) is 13.5. The van der Waals surface area contributed by atoms with Crippen molar-refractivity contribution in [1.82, 2.24) is 0 Å². The average Bonchev–Trinajstić information content (AvgIpc) is 2.84. The Hall–Kier alpha value is -0.720. The quantitative estimate of drug-likeness (QED) is 0.0775. The van der Waals surface area contributed by atoms with Gasteiger partial charge in [-0.15, -0.1) is 4.79 Å². The predicted molar refractivity (Wildman–Crippen MR) is 145 cm³/mol. The van der Waals surface area contributed by atoms with Gasteiger partial charge in [0.25, 0.3) is 19.7 Å². The van der Waals surface area contributed by atoms with Crippen molar-refractivity contribution in [2.24, 2.45) is 11.8 Å². The lowest BCUT2D eigenvalue weighted by Crippen LogP contribution is -2.41. The van der Waals surface area contributed by atoms with Crippen LogP contribution < -0.4 is 0 Å². The molecule has 8 heteroatoms. The van der Waals surface area contributed by atoms with Crippen molar-refractivity contribution in [1.29, 1.82) is 0 Å². The van der Waals surface area contributed by atoms with E-state index in [2.05, 4.69) is 18.6 Å². The number of hydrogen-bond acceptors (Lipinski definition) is 4. The molecule has 6 nitrogen and oxygen atoms in total. The fourth-order valence-electron chi connectivity index (χ4n) is 6.10. The Morgan fingerprint density at radius 1 is 0.600 bits per heavy atom. The topological polar surface area (TPSA) is 105 Å². The molecule has 0 aromatic rings. The minimum absolute atomic E-state index is 0.460. The molecule has 2 aliphatic rings. The standard InChI is InChI=1S/C27H50N2O4S2/c1-3-5-7-9-11-13-23-15-19-25(20-16-23)34(30,31)27(29-28)35(32,33)26-21-17-24(18-22-26)14-12-10-8-6-4-2/h23-26H,3-22H2,1-2H3. The number of hydrogen-bond donors (Lipinski definition) is 0. The Morgan fingerprint density at radius 2 is 0.943 bits per heavy atom. The Labute approximate surface area is 215 Å².